The molecule has 0 atom stereocenters. The number of tetrazole rings is 1. The summed E-state index contributed by atoms with van der Waals surface area (Å²) in [5.74, 6) is -0.100. The molecule has 2 aromatic rings. The van der Waals surface area contributed by atoms with E-state index in [9.17, 15) is 4.79 Å². The van der Waals surface area contributed by atoms with Crippen molar-refractivity contribution in [1.29, 1.82) is 0 Å². The van der Waals surface area contributed by atoms with Gasteiger partial charge in [-0.3, -0.25) is 10.1 Å². The molecule has 7 nitrogen and oxygen atoms in total. The van der Waals surface area contributed by atoms with Gasteiger partial charge in [0.05, 0.1) is 0 Å². The van der Waals surface area contributed by atoms with Crippen molar-refractivity contribution in [2.45, 2.75) is 6.54 Å². The number of amides is 1. The second-order valence-corrected chi connectivity index (χ2v) is 3.42. The standard InChI is InChI=1S/C10H12N6O/c1-11-6-7-2-4-8(5-3-7)9(17)12-10-13-15-16-14-10/h2-5,11H,6H2,1H3,(H2,12,13,14,15,16,17). The second kappa shape index (κ2) is 5.17. The van der Waals surface area contributed by atoms with Crippen LogP contribution in [-0.4, -0.2) is 33.6 Å². The Bertz CT molecular complexity index is 478. The Balaban J connectivity index is 2.04. The Hall–Kier alpha value is -2.28. The Labute approximate surface area is 97.6 Å². The van der Waals surface area contributed by atoms with Crippen LogP contribution in [0.2, 0.25) is 0 Å². The summed E-state index contributed by atoms with van der Waals surface area (Å²) in [6.07, 6.45) is 0. The number of hydrogen-bond donors (Lipinski definition) is 3. The minimum atomic E-state index is -0.262. The largest absolute Gasteiger partial charge is 0.316 e. The molecule has 2 rings (SSSR count). The topological polar surface area (TPSA) is 95.6 Å². The normalized spacial score (nSPS) is 10.2. The van der Waals surface area contributed by atoms with Gasteiger partial charge in [0.2, 0.25) is 0 Å². The van der Waals surface area contributed by atoms with E-state index in [0.717, 1.165) is 12.1 Å². The van der Waals surface area contributed by atoms with Crippen LogP contribution in [-0.2, 0) is 6.54 Å². The van der Waals surface area contributed by atoms with Crippen molar-refractivity contribution in [2.24, 2.45) is 0 Å². The first-order valence-electron chi connectivity index (χ1n) is 5.08. The van der Waals surface area contributed by atoms with E-state index in [2.05, 4.69) is 31.3 Å². The lowest BCUT2D eigenvalue weighted by molar-refractivity contribution is 0.102. The number of carbonyl (C=O) groups excluding carboxylic acids is 1. The number of aromatic nitrogens is 4. The summed E-state index contributed by atoms with van der Waals surface area (Å²) in [6, 6.07) is 7.29. The fourth-order valence-corrected chi connectivity index (χ4v) is 1.37. The fourth-order valence-electron chi connectivity index (χ4n) is 1.37. The van der Waals surface area contributed by atoms with Gasteiger partial charge < -0.3 is 5.32 Å². The van der Waals surface area contributed by atoms with Crippen molar-refractivity contribution in [3.05, 3.63) is 35.4 Å². The molecule has 0 spiro atoms. The Kier molecular flexibility index (Phi) is 3.41. The Morgan fingerprint density at radius 1 is 1.35 bits per heavy atom. The van der Waals surface area contributed by atoms with Gasteiger partial charge in [-0.15, -0.1) is 5.10 Å². The Morgan fingerprint density at radius 2 is 2.12 bits per heavy atom. The molecule has 1 amide bonds. The molecule has 0 radical (unpaired) electrons. The van der Waals surface area contributed by atoms with Gasteiger partial charge in [-0.1, -0.05) is 17.2 Å². The minimum Gasteiger partial charge on any atom is -0.316 e. The van der Waals surface area contributed by atoms with Gasteiger partial charge in [-0.2, -0.15) is 5.21 Å². The number of H-pyrrole nitrogens is 1. The maximum absolute atomic E-state index is 11.7. The molecule has 0 aliphatic rings. The van der Waals surface area contributed by atoms with Gasteiger partial charge >= 0.3 is 0 Å². The SMILES string of the molecule is CNCc1ccc(C(=O)Nc2nn[nH]n2)cc1. The second-order valence-electron chi connectivity index (χ2n) is 3.42. The first-order valence-corrected chi connectivity index (χ1v) is 5.08. The number of aromatic amines is 1. The van der Waals surface area contributed by atoms with Crippen molar-refractivity contribution < 1.29 is 4.79 Å². The molecule has 7 heteroatoms. The van der Waals surface area contributed by atoms with Crippen LogP contribution in [0.15, 0.2) is 24.3 Å². The van der Waals surface area contributed by atoms with Crippen LogP contribution < -0.4 is 10.6 Å². The molecule has 0 saturated heterocycles. The molecule has 1 heterocycles. The summed E-state index contributed by atoms with van der Waals surface area (Å²) in [6.45, 7) is 0.771. The third-order valence-electron chi connectivity index (χ3n) is 2.17. The molecular weight excluding hydrogens is 220 g/mol. The predicted molar refractivity (Wildman–Crippen MR) is 61.3 cm³/mol. The lowest BCUT2D eigenvalue weighted by Crippen LogP contribution is -2.13. The zero-order valence-corrected chi connectivity index (χ0v) is 9.27. The predicted octanol–water partition coefficient (Wildman–Crippen LogP) is 0.171. The van der Waals surface area contributed by atoms with Gasteiger partial charge in [0.25, 0.3) is 11.9 Å². The molecule has 0 unspecified atom stereocenters. The zero-order chi connectivity index (χ0) is 12.1. The van der Waals surface area contributed by atoms with Crippen LogP contribution in [0, 0.1) is 0 Å². The number of nitrogens with one attached hydrogen (secondary N) is 3. The van der Waals surface area contributed by atoms with Gasteiger partial charge in [-0.25, -0.2) is 0 Å². The highest BCUT2D eigenvalue weighted by atomic mass is 16.1. The van der Waals surface area contributed by atoms with E-state index in [0.29, 0.717) is 5.56 Å². The third-order valence-corrected chi connectivity index (χ3v) is 2.17. The highest BCUT2D eigenvalue weighted by molar-refractivity contribution is 6.03. The molecule has 1 aromatic heterocycles. The number of hydrogen-bond acceptors (Lipinski definition) is 5. The smallest absolute Gasteiger partial charge is 0.270 e. The quantitative estimate of drug-likeness (QED) is 0.698. The summed E-state index contributed by atoms with van der Waals surface area (Å²) in [4.78, 5) is 11.7. The maximum atomic E-state index is 11.7. The van der Waals surface area contributed by atoms with Crippen LogP contribution in [0.4, 0.5) is 5.95 Å². The fraction of sp³-hybridized carbons (Fsp3) is 0.200. The molecule has 17 heavy (non-hydrogen) atoms. The summed E-state index contributed by atoms with van der Waals surface area (Å²) in [7, 11) is 1.87. The van der Waals surface area contributed by atoms with Crippen molar-refractivity contribution in [2.75, 3.05) is 12.4 Å². The van der Waals surface area contributed by atoms with E-state index in [1.807, 2.05) is 19.2 Å². The van der Waals surface area contributed by atoms with E-state index in [1.165, 1.54) is 0 Å². The molecule has 3 N–H and O–H groups in total. The van der Waals surface area contributed by atoms with E-state index in [4.69, 9.17) is 0 Å². The monoisotopic (exact) mass is 232 g/mol. The average molecular weight is 232 g/mol. The van der Waals surface area contributed by atoms with E-state index in [1.54, 1.807) is 12.1 Å². The molecule has 0 saturated carbocycles. The Morgan fingerprint density at radius 3 is 2.71 bits per heavy atom. The first-order chi connectivity index (χ1) is 8.29. The number of anilines is 1. The average Bonchev–Trinajstić information content (AvgIpc) is 2.83. The van der Waals surface area contributed by atoms with Gasteiger partial charge in [0.1, 0.15) is 0 Å². The summed E-state index contributed by atoms with van der Waals surface area (Å²) >= 11 is 0. The van der Waals surface area contributed by atoms with E-state index in [-0.39, 0.29) is 11.9 Å². The van der Waals surface area contributed by atoms with Gasteiger partial charge in [0.15, 0.2) is 0 Å². The molecule has 0 fully saturated rings. The van der Waals surface area contributed by atoms with Gasteiger partial charge in [-0.05, 0) is 30.0 Å². The lowest BCUT2D eigenvalue weighted by atomic mass is 10.1. The van der Waals surface area contributed by atoms with Crippen molar-refractivity contribution in [3.63, 3.8) is 0 Å². The molecule has 0 bridgehead atoms. The van der Waals surface area contributed by atoms with Crippen LogP contribution in [0.5, 0.6) is 0 Å². The molecular formula is C10H12N6O. The molecule has 0 aliphatic heterocycles. The molecule has 88 valence electrons. The number of rotatable bonds is 4. The third kappa shape index (κ3) is 2.85. The maximum Gasteiger partial charge on any atom is 0.270 e. The van der Waals surface area contributed by atoms with Crippen molar-refractivity contribution >= 4 is 11.9 Å². The van der Waals surface area contributed by atoms with E-state index >= 15 is 0 Å². The number of carbonyl (C=O) groups is 1. The zero-order valence-electron chi connectivity index (χ0n) is 9.27. The van der Waals surface area contributed by atoms with Crippen LogP contribution >= 0.6 is 0 Å². The van der Waals surface area contributed by atoms with E-state index < -0.39 is 0 Å². The summed E-state index contributed by atoms with van der Waals surface area (Å²) in [5, 5.41) is 18.4. The summed E-state index contributed by atoms with van der Waals surface area (Å²) in [5.41, 5.74) is 1.67. The van der Waals surface area contributed by atoms with Crippen molar-refractivity contribution in [1.82, 2.24) is 25.9 Å². The lowest BCUT2D eigenvalue weighted by Gasteiger charge is -2.03. The highest BCUT2D eigenvalue weighted by Gasteiger charge is 2.07. The van der Waals surface area contributed by atoms with Crippen LogP contribution in [0.1, 0.15) is 15.9 Å². The number of benzene rings is 1. The molecule has 1 aromatic carbocycles. The number of nitrogens with zero attached hydrogens (tertiary/aromatic N) is 3. The van der Waals surface area contributed by atoms with Gasteiger partial charge in [0, 0.05) is 12.1 Å². The molecule has 0 aliphatic carbocycles. The summed E-state index contributed by atoms with van der Waals surface area (Å²) < 4.78 is 0. The van der Waals surface area contributed by atoms with Crippen LogP contribution in [0.25, 0.3) is 0 Å². The first kappa shape index (κ1) is 11.2. The minimum absolute atomic E-state index is 0.161. The van der Waals surface area contributed by atoms with Crippen molar-refractivity contribution in [3.8, 4) is 0 Å². The van der Waals surface area contributed by atoms with Crippen LogP contribution in [0.3, 0.4) is 0 Å². The highest BCUT2D eigenvalue weighted by Crippen LogP contribution is 2.06.